The van der Waals surface area contributed by atoms with Crippen LogP contribution in [0.3, 0.4) is 0 Å². The lowest BCUT2D eigenvalue weighted by Gasteiger charge is -2.28. The molecule has 2 aliphatic rings. The Balaban J connectivity index is 1.44. The number of hydrogen-bond acceptors (Lipinski definition) is 3. The number of aromatic amines is 1. The zero-order valence-electron chi connectivity index (χ0n) is 11.8. The summed E-state index contributed by atoms with van der Waals surface area (Å²) in [4.78, 5) is 2.54. The van der Waals surface area contributed by atoms with Crippen molar-refractivity contribution < 1.29 is 0 Å². The highest BCUT2D eigenvalue weighted by atomic mass is 15.3. The minimum absolute atomic E-state index is 0.433. The van der Waals surface area contributed by atoms with Gasteiger partial charge in [0.2, 0.25) is 0 Å². The van der Waals surface area contributed by atoms with Gasteiger partial charge in [0, 0.05) is 26.1 Å². The maximum atomic E-state index is 4.26. The smallest absolute Gasteiger partial charge is 0.0997 e. The second kappa shape index (κ2) is 4.42. The lowest BCUT2D eigenvalue weighted by atomic mass is 9.99. The van der Waals surface area contributed by atoms with Gasteiger partial charge in [0.1, 0.15) is 0 Å². The summed E-state index contributed by atoms with van der Waals surface area (Å²) in [6, 6.07) is 10.9. The van der Waals surface area contributed by atoms with E-state index in [1.807, 2.05) is 0 Å². The van der Waals surface area contributed by atoms with Gasteiger partial charge in [-0.1, -0.05) is 37.3 Å². The van der Waals surface area contributed by atoms with E-state index < -0.39 is 0 Å². The zero-order chi connectivity index (χ0) is 13.6. The lowest BCUT2D eigenvalue weighted by Crippen LogP contribution is -2.35. The molecule has 2 aromatic rings. The fourth-order valence-corrected chi connectivity index (χ4v) is 3.59. The van der Waals surface area contributed by atoms with Gasteiger partial charge in [-0.3, -0.25) is 4.90 Å². The second-order valence-electron chi connectivity index (χ2n) is 6.50. The summed E-state index contributed by atoms with van der Waals surface area (Å²) < 4.78 is 0. The van der Waals surface area contributed by atoms with E-state index >= 15 is 0 Å². The maximum Gasteiger partial charge on any atom is 0.0997 e. The summed E-state index contributed by atoms with van der Waals surface area (Å²) in [5.41, 5.74) is 4.22. The van der Waals surface area contributed by atoms with Gasteiger partial charge >= 0.3 is 0 Å². The first-order valence-corrected chi connectivity index (χ1v) is 7.40. The Morgan fingerprint density at radius 1 is 1.25 bits per heavy atom. The Morgan fingerprint density at radius 3 is 2.90 bits per heavy atom. The molecule has 0 saturated heterocycles. The molecule has 1 aromatic carbocycles. The Kier molecular flexibility index (Phi) is 2.67. The van der Waals surface area contributed by atoms with E-state index in [9.17, 15) is 0 Å². The van der Waals surface area contributed by atoms with Crippen molar-refractivity contribution in [3.8, 4) is 0 Å². The first kappa shape index (κ1) is 12.1. The molecule has 1 aromatic heterocycles. The average Bonchev–Trinajstić information content (AvgIpc) is 2.93. The molecule has 104 valence electrons. The Hall–Kier alpha value is -1.68. The van der Waals surface area contributed by atoms with Crippen LogP contribution in [0.1, 0.15) is 36.2 Å². The molecule has 0 unspecified atom stereocenters. The highest BCUT2D eigenvalue weighted by molar-refractivity contribution is 5.29. The molecule has 1 N–H and O–H groups in total. The fraction of sp³-hybridized carbons (Fsp3) is 0.500. The van der Waals surface area contributed by atoms with Crippen LogP contribution >= 0.6 is 0 Å². The van der Waals surface area contributed by atoms with E-state index in [1.165, 1.54) is 18.5 Å². The summed E-state index contributed by atoms with van der Waals surface area (Å²) >= 11 is 0. The van der Waals surface area contributed by atoms with Crippen LogP contribution in [0.5, 0.6) is 0 Å². The van der Waals surface area contributed by atoms with Crippen LogP contribution in [0.4, 0.5) is 0 Å². The maximum absolute atomic E-state index is 4.26. The molecule has 1 aliphatic carbocycles. The number of nitrogens with one attached hydrogen (secondary N) is 1. The summed E-state index contributed by atoms with van der Waals surface area (Å²) in [5, 5.41) is 11.2. The molecule has 1 aliphatic heterocycles. The van der Waals surface area contributed by atoms with Gasteiger partial charge in [-0.25, -0.2) is 0 Å². The van der Waals surface area contributed by atoms with Gasteiger partial charge in [-0.15, -0.1) is 0 Å². The van der Waals surface area contributed by atoms with Crippen LogP contribution in [-0.2, 0) is 13.0 Å². The van der Waals surface area contributed by atoms with Crippen LogP contribution in [0.25, 0.3) is 0 Å². The van der Waals surface area contributed by atoms with Crippen LogP contribution in [0, 0.1) is 5.41 Å². The van der Waals surface area contributed by atoms with Gasteiger partial charge in [-0.05, 0) is 23.3 Å². The molecule has 2 heterocycles. The number of benzene rings is 1. The van der Waals surface area contributed by atoms with Crippen molar-refractivity contribution in [2.45, 2.75) is 32.2 Å². The molecule has 0 radical (unpaired) electrons. The van der Waals surface area contributed by atoms with Gasteiger partial charge < -0.3 is 0 Å². The predicted octanol–water partition coefficient (Wildman–Crippen LogP) is 2.36. The van der Waals surface area contributed by atoms with Crippen molar-refractivity contribution >= 4 is 0 Å². The van der Waals surface area contributed by atoms with E-state index in [4.69, 9.17) is 0 Å². The van der Waals surface area contributed by atoms with Crippen molar-refractivity contribution in [2.24, 2.45) is 5.41 Å². The molecular weight excluding hydrogens is 248 g/mol. The number of rotatable bonds is 3. The van der Waals surface area contributed by atoms with Crippen LogP contribution in [0.15, 0.2) is 30.3 Å². The molecule has 4 rings (SSSR count). The second-order valence-corrected chi connectivity index (χ2v) is 6.50. The van der Waals surface area contributed by atoms with Crippen molar-refractivity contribution in [1.29, 1.82) is 0 Å². The van der Waals surface area contributed by atoms with E-state index in [-0.39, 0.29) is 0 Å². The third-order valence-electron chi connectivity index (χ3n) is 4.88. The van der Waals surface area contributed by atoms with Gasteiger partial charge in [0.25, 0.3) is 0 Å². The van der Waals surface area contributed by atoms with Gasteiger partial charge in [0.05, 0.1) is 11.4 Å². The molecule has 2 atom stereocenters. The summed E-state index contributed by atoms with van der Waals surface area (Å²) in [6.45, 7) is 5.64. The standard InChI is InChI=1S/C16H20N4/c1-16(9-13(16)12-5-3-2-4-6-12)11-20-8-7-14-15(10-20)18-19-17-14/h2-6,13H,7-11H2,1H3,(H,17,18,19)/t13-,16-/m0/s1. The topological polar surface area (TPSA) is 44.8 Å². The predicted molar refractivity (Wildman–Crippen MR) is 77.3 cm³/mol. The molecule has 0 amide bonds. The number of hydrogen-bond donors (Lipinski definition) is 1. The summed E-state index contributed by atoms with van der Waals surface area (Å²) in [7, 11) is 0. The summed E-state index contributed by atoms with van der Waals surface area (Å²) in [5.74, 6) is 0.724. The number of H-pyrrole nitrogens is 1. The first-order chi connectivity index (χ1) is 9.74. The largest absolute Gasteiger partial charge is 0.296 e. The van der Waals surface area contributed by atoms with Gasteiger partial charge in [0.15, 0.2) is 0 Å². The zero-order valence-corrected chi connectivity index (χ0v) is 11.8. The third-order valence-corrected chi connectivity index (χ3v) is 4.88. The van der Waals surface area contributed by atoms with Crippen molar-refractivity contribution in [2.75, 3.05) is 13.1 Å². The summed E-state index contributed by atoms with van der Waals surface area (Å²) in [6.07, 6.45) is 2.33. The monoisotopic (exact) mass is 268 g/mol. The third kappa shape index (κ3) is 2.04. The number of fused-ring (bicyclic) bond motifs is 1. The van der Waals surface area contributed by atoms with E-state index in [0.717, 1.165) is 36.8 Å². The Morgan fingerprint density at radius 2 is 2.05 bits per heavy atom. The molecule has 20 heavy (non-hydrogen) atoms. The highest BCUT2D eigenvalue weighted by Gasteiger charge is 2.51. The number of nitrogens with zero attached hydrogens (tertiary/aromatic N) is 3. The molecule has 4 nitrogen and oxygen atoms in total. The minimum Gasteiger partial charge on any atom is -0.296 e. The molecule has 4 heteroatoms. The minimum atomic E-state index is 0.433. The molecule has 1 fully saturated rings. The first-order valence-electron chi connectivity index (χ1n) is 7.40. The normalized spacial score (nSPS) is 29.1. The molecule has 1 saturated carbocycles. The van der Waals surface area contributed by atoms with Crippen LogP contribution in [-0.4, -0.2) is 33.4 Å². The van der Waals surface area contributed by atoms with Crippen molar-refractivity contribution in [3.05, 3.63) is 47.3 Å². The quantitative estimate of drug-likeness (QED) is 0.929. The van der Waals surface area contributed by atoms with Crippen LogP contribution < -0.4 is 0 Å². The number of aromatic nitrogens is 3. The fourth-order valence-electron chi connectivity index (χ4n) is 3.59. The van der Waals surface area contributed by atoms with E-state index in [2.05, 4.69) is 57.6 Å². The van der Waals surface area contributed by atoms with Crippen molar-refractivity contribution in [1.82, 2.24) is 20.3 Å². The van der Waals surface area contributed by atoms with Gasteiger partial charge in [-0.2, -0.15) is 15.4 Å². The average molecular weight is 268 g/mol. The van der Waals surface area contributed by atoms with Crippen LogP contribution in [0.2, 0.25) is 0 Å². The van der Waals surface area contributed by atoms with E-state index in [1.54, 1.807) is 0 Å². The molecular formula is C16H20N4. The van der Waals surface area contributed by atoms with Crippen molar-refractivity contribution in [3.63, 3.8) is 0 Å². The molecule has 0 bridgehead atoms. The molecule has 0 spiro atoms. The Bertz CT molecular complexity index is 606. The van der Waals surface area contributed by atoms with E-state index in [0.29, 0.717) is 5.41 Å². The Labute approximate surface area is 119 Å². The SMILES string of the molecule is C[C@@]1(CN2CCc3n[nH]nc3C2)C[C@H]1c1ccccc1. The highest BCUT2D eigenvalue weighted by Crippen LogP contribution is 2.59. The lowest BCUT2D eigenvalue weighted by molar-refractivity contribution is 0.205.